The van der Waals surface area contributed by atoms with Gasteiger partial charge in [0.05, 0.1) is 0 Å². The summed E-state index contributed by atoms with van der Waals surface area (Å²) in [6.45, 7) is 7.32. The average molecular weight is 512 g/mol. The van der Waals surface area contributed by atoms with Crippen molar-refractivity contribution >= 4 is 29.9 Å². The maximum atomic E-state index is 12.3. The van der Waals surface area contributed by atoms with Crippen molar-refractivity contribution in [3.05, 3.63) is 51.7 Å². The number of aromatic nitrogens is 3. The molecule has 29 heavy (non-hydrogen) atoms. The van der Waals surface area contributed by atoms with Crippen molar-refractivity contribution in [1.29, 1.82) is 0 Å². The summed E-state index contributed by atoms with van der Waals surface area (Å²) in [7, 11) is 1.78. The highest BCUT2D eigenvalue weighted by molar-refractivity contribution is 14.0. The number of nitrogens with zero attached hydrogens (tertiary/aromatic N) is 4. The molecule has 0 fully saturated rings. The summed E-state index contributed by atoms with van der Waals surface area (Å²) in [5.74, 6) is 2.12. The van der Waals surface area contributed by atoms with Gasteiger partial charge in [0.2, 0.25) is 0 Å². The lowest BCUT2D eigenvalue weighted by atomic mass is 9.99. The third kappa shape index (κ3) is 6.32. The van der Waals surface area contributed by atoms with Crippen LogP contribution in [0.4, 0.5) is 0 Å². The summed E-state index contributed by atoms with van der Waals surface area (Å²) < 4.78 is 3.43. The molecule has 1 aliphatic rings. The van der Waals surface area contributed by atoms with Gasteiger partial charge in [-0.15, -0.1) is 24.0 Å². The number of fused-ring (bicyclic) bond motifs is 1. The third-order valence-corrected chi connectivity index (χ3v) is 5.28. The second kappa shape index (κ2) is 11.4. The van der Waals surface area contributed by atoms with Crippen LogP contribution in [0.15, 0.2) is 34.1 Å². The number of benzene rings is 1. The fourth-order valence-electron chi connectivity index (χ4n) is 3.59. The number of halogens is 1. The van der Waals surface area contributed by atoms with Crippen molar-refractivity contribution < 1.29 is 0 Å². The fourth-order valence-corrected chi connectivity index (χ4v) is 3.59. The van der Waals surface area contributed by atoms with Crippen molar-refractivity contribution in [2.75, 3.05) is 20.1 Å². The molecule has 7 nitrogen and oxygen atoms in total. The number of guanidine groups is 1. The first-order valence-corrected chi connectivity index (χ1v) is 10.3. The Morgan fingerprint density at radius 3 is 2.86 bits per heavy atom. The third-order valence-electron chi connectivity index (χ3n) is 5.28. The van der Waals surface area contributed by atoms with Crippen LogP contribution in [0.25, 0.3) is 0 Å². The second-order valence-electron chi connectivity index (χ2n) is 7.58. The lowest BCUT2D eigenvalue weighted by Crippen LogP contribution is -2.39. The van der Waals surface area contributed by atoms with Crippen LogP contribution in [0.5, 0.6) is 0 Å². The standard InChI is InChI=1S/C21H32N6O.HI/c1-16-8-6-9-18(14-16)17(2)15-24-20(22-3)23-11-7-13-27-21(28)26-12-5-4-10-19(26)25-27;/h6,8-9,14,17H,4-5,7,10-13,15H2,1-3H3,(H2,22,23,24);1H. The highest BCUT2D eigenvalue weighted by Gasteiger charge is 2.16. The summed E-state index contributed by atoms with van der Waals surface area (Å²) in [5.41, 5.74) is 2.64. The zero-order valence-electron chi connectivity index (χ0n) is 17.6. The van der Waals surface area contributed by atoms with E-state index in [0.29, 0.717) is 12.5 Å². The summed E-state index contributed by atoms with van der Waals surface area (Å²) in [6, 6.07) is 8.61. The topological polar surface area (TPSA) is 76.2 Å². The quantitative estimate of drug-likeness (QED) is 0.259. The van der Waals surface area contributed by atoms with Gasteiger partial charge in [-0.3, -0.25) is 9.56 Å². The molecule has 0 amide bonds. The van der Waals surface area contributed by atoms with Crippen LogP contribution in [0, 0.1) is 6.92 Å². The molecule has 1 aromatic carbocycles. The largest absolute Gasteiger partial charge is 0.356 e. The van der Waals surface area contributed by atoms with Gasteiger partial charge in [0.15, 0.2) is 5.96 Å². The van der Waals surface area contributed by atoms with Gasteiger partial charge in [0.25, 0.3) is 0 Å². The molecule has 160 valence electrons. The molecule has 1 unspecified atom stereocenters. The Kier molecular flexibility index (Phi) is 9.19. The van der Waals surface area contributed by atoms with E-state index in [1.807, 2.05) is 4.57 Å². The molecule has 0 radical (unpaired) electrons. The molecule has 1 aromatic heterocycles. The first-order valence-electron chi connectivity index (χ1n) is 10.3. The van der Waals surface area contributed by atoms with Crippen molar-refractivity contribution in [2.24, 2.45) is 4.99 Å². The van der Waals surface area contributed by atoms with Crippen LogP contribution in [0.1, 0.15) is 49.1 Å². The number of rotatable bonds is 7. The fraction of sp³-hybridized carbons (Fsp3) is 0.571. The smallest absolute Gasteiger partial charge is 0.345 e. The van der Waals surface area contributed by atoms with Crippen LogP contribution in [-0.4, -0.2) is 40.4 Å². The normalized spacial score (nSPS) is 14.7. The SMILES string of the molecule is CN=C(NCCCn1nc2n(c1=O)CCCC2)NCC(C)c1cccc(C)c1.I. The van der Waals surface area contributed by atoms with Crippen molar-refractivity contribution in [2.45, 2.75) is 58.5 Å². The Bertz CT molecular complexity index is 872. The zero-order valence-corrected chi connectivity index (χ0v) is 20.0. The molecule has 0 spiro atoms. The Balaban J connectivity index is 0.00000300. The summed E-state index contributed by atoms with van der Waals surface area (Å²) in [6.07, 6.45) is 3.94. The lowest BCUT2D eigenvalue weighted by Gasteiger charge is -2.16. The molecule has 1 atom stereocenters. The molecule has 2 heterocycles. The number of aryl methyl sites for hydroxylation is 3. The molecule has 1 aliphatic heterocycles. The van der Waals surface area contributed by atoms with E-state index >= 15 is 0 Å². The van der Waals surface area contributed by atoms with Crippen LogP contribution in [-0.2, 0) is 19.5 Å². The minimum absolute atomic E-state index is 0. The number of hydrogen-bond acceptors (Lipinski definition) is 3. The van der Waals surface area contributed by atoms with Crippen molar-refractivity contribution in [3.63, 3.8) is 0 Å². The average Bonchev–Trinajstić information content (AvgIpc) is 3.03. The molecule has 0 bridgehead atoms. The molecule has 8 heteroatoms. The van der Waals surface area contributed by atoms with E-state index in [-0.39, 0.29) is 29.7 Å². The monoisotopic (exact) mass is 512 g/mol. The van der Waals surface area contributed by atoms with E-state index in [2.05, 4.69) is 58.8 Å². The highest BCUT2D eigenvalue weighted by Crippen LogP contribution is 2.15. The van der Waals surface area contributed by atoms with Gasteiger partial charge in [-0.1, -0.05) is 36.8 Å². The first kappa shape index (κ1) is 23.4. The molecule has 0 aliphatic carbocycles. The van der Waals surface area contributed by atoms with Crippen molar-refractivity contribution in [1.82, 2.24) is 25.0 Å². The Labute approximate surface area is 190 Å². The number of aliphatic imine (C=N–C) groups is 1. The second-order valence-corrected chi connectivity index (χ2v) is 7.58. The van der Waals surface area contributed by atoms with E-state index in [9.17, 15) is 4.79 Å². The van der Waals surface area contributed by atoms with Gasteiger partial charge in [-0.25, -0.2) is 9.48 Å². The van der Waals surface area contributed by atoms with Crippen LogP contribution in [0.3, 0.4) is 0 Å². The van der Waals surface area contributed by atoms with Gasteiger partial charge in [-0.2, -0.15) is 5.10 Å². The number of nitrogens with one attached hydrogen (secondary N) is 2. The van der Waals surface area contributed by atoms with E-state index in [1.165, 1.54) is 11.1 Å². The minimum Gasteiger partial charge on any atom is -0.356 e. The predicted octanol–water partition coefficient (Wildman–Crippen LogP) is 2.67. The van der Waals surface area contributed by atoms with Gasteiger partial charge in [0.1, 0.15) is 5.82 Å². The van der Waals surface area contributed by atoms with Gasteiger partial charge in [-0.05, 0) is 37.7 Å². The Morgan fingerprint density at radius 1 is 1.31 bits per heavy atom. The summed E-state index contributed by atoms with van der Waals surface area (Å²) in [5, 5.41) is 11.2. The maximum Gasteiger partial charge on any atom is 0.345 e. The maximum absolute atomic E-state index is 12.3. The van der Waals surface area contributed by atoms with Gasteiger partial charge in [0, 0.05) is 39.6 Å². The van der Waals surface area contributed by atoms with E-state index < -0.39 is 0 Å². The first-order chi connectivity index (χ1) is 13.6. The molecule has 2 N–H and O–H groups in total. The summed E-state index contributed by atoms with van der Waals surface area (Å²) in [4.78, 5) is 16.6. The van der Waals surface area contributed by atoms with E-state index in [4.69, 9.17) is 0 Å². The molecule has 0 saturated heterocycles. The predicted molar refractivity (Wildman–Crippen MR) is 128 cm³/mol. The molecule has 0 saturated carbocycles. The van der Waals surface area contributed by atoms with Crippen molar-refractivity contribution in [3.8, 4) is 0 Å². The van der Waals surface area contributed by atoms with Crippen LogP contribution < -0.4 is 16.3 Å². The van der Waals surface area contributed by atoms with E-state index in [0.717, 1.165) is 57.1 Å². The van der Waals surface area contributed by atoms with Crippen LogP contribution in [0.2, 0.25) is 0 Å². The Hall–Kier alpha value is -1.84. The van der Waals surface area contributed by atoms with Gasteiger partial charge >= 0.3 is 5.69 Å². The molecule has 3 rings (SSSR count). The minimum atomic E-state index is 0. The molecular formula is C21H33IN6O. The molecular weight excluding hydrogens is 479 g/mol. The van der Waals surface area contributed by atoms with E-state index in [1.54, 1.807) is 11.7 Å². The lowest BCUT2D eigenvalue weighted by molar-refractivity contribution is 0.509. The molecule has 2 aromatic rings. The highest BCUT2D eigenvalue weighted by atomic mass is 127. The van der Waals surface area contributed by atoms with Gasteiger partial charge < -0.3 is 10.6 Å². The van der Waals surface area contributed by atoms with Crippen LogP contribution >= 0.6 is 24.0 Å². The number of hydrogen-bond donors (Lipinski definition) is 2. The summed E-state index contributed by atoms with van der Waals surface area (Å²) >= 11 is 0. The Morgan fingerprint density at radius 2 is 2.14 bits per heavy atom. The zero-order chi connectivity index (χ0) is 19.9.